The molecule has 2 aromatic rings. The van der Waals surface area contributed by atoms with Gasteiger partial charge in [0.1, 0.15) is 0 Å². The standard InChI is InChI=1S/C10H11ClN6O3S/c1-3-4-20-8-13-7(11)14-9(15-8)21-10-12-5(18)6(19)16-17(10)2/h3-4H2,1-2H3,(H,16,19). The molecule has 0 aliphatic rings. The highest BCUT2D eigenvalue weighted by Crippen LogP contribution is 2.22. The Balaban J connectivity index is 2.31. The molecule has 11 heteroatoms. The SMILES string of the molecule is CCCOc1nc(Cl)nc(Sc2nc(=O)c(=O)[nH]n2C)n1. The third-order valence-electron chi connectivity index (χ3n) is 2.13. The molecular weight excluding hydrogens is 320 g/mol. The number of H-pyrrole nitrogens is 1. The van der Waals surface area contributed by atoms with Gasteiger partial charge in [-0.3, -0.25) is 19.4 Å². The van der Waals surface area contributed by atoms with Crippen LogP contribution in [0.2, 0.25) is 5.28 Å². The molecule has 0 saturated heterocycles. The summed E-state index contributed by atoms with van der Waals surface area (Å²) < 4.78 is 6.57. The average Bonchev–Trinajstić information content (AvgIpc) is 2.42. The smallest absolute Gasteiger partial charge is 0.339 e. The van der Waals surface area contributed by atoms with Gasteiger partial charge in [0.05, 0.1) is 6.61 Å². The Morgan fingerprint density at radius 1 is 1.29 bits per heavy atom. The Kier molecular flexibility index (Phi) is 4.91. The lowest BCUT2D eigenvalue weighted by Crippen LogP contribution is -2.33. The van der Waals surface area contributed by atoms with Crippen LogP contribution in [0.15, 0.2) is 19.9 Å². The maximum atomic E-state index is 11.3. The van der Waals surface area contributed by atoms with Gasteiger partial charge in [-0.15, -0.1) is 0 Å². The number of ether oxygens (including phenoxy) is 1. The van der Waals surface area contributed by atoms with Crippen molar-refractivity contribution in [3.8, 4) is 6.01 Å². The number of aromatic amines is 1. The van der Waals surface area contributed by atoms with Gasteiger partial charge in [0, 0.05) is 7.05 Å². The van der Waals surface area contributed by atoms with Gasteiger partial charge in [-0.1, -0.05) is 6.92 Å². The van der Waals surface area contributed by atoms with Crippen LogP contribution in [0.25, 0.3) is 0 Å². The van der Waals surface area contributed by atoms with E-state index in [4.69, 9.17) is 16.3 Å². The van der Waals surface area contributed by atoms with Crippen LogP contribution in [-0.4, -0.2) is 36.3 Å². The fourth-order valence-corrected chi connectivity index (χ4v) is 2.18. The van der Waals surface area contributed by atoms with E-state index >= 15 is 0 Å². The molecule has 0 aliphatic heterocycles. The molecule has 0 saturated carbocycles. The van der Waals surface area contributed by atoms with Crippen LogP contribution in [0.5, 0.6) is 6.01 Å². The van der Waals surface area contributed by atoms with Gasteiger partial charge in [-0.05, 0) is 29.8 Å². The second kappa shape index (κ2) is 6.68. The second-order valence-corrected chi connectivity index (χ2v) is 5.09. The van der Waals surface area contributed by atoms with E-state index in [2.05, 4.69) is 25.0 Å². The minimum absolute atomic E-state index is 0.0342. The quantitative estimate of drug-likeness (QED) is 0.775. The molecule has 9 nitrogen and oxygen atoms in total. The summed E-state index contributed by atoms with van der Waals surface area (Å²) in [5.74, 6) is 0. The molecule has 2 aromatic heterocycles. The molecule has 0 amide bonds. The molecule has 0 fully saturated rings. The van der Waals surface area contributed by atoms with E-state index in [1.54, 1.807) is 0 Å². The monoisotopic (exact) mass is 330 g/mol. The van der Waals surface area contributed by atoms with Crippen LogP contribution in [0, 0.1) is 0 Å². The highest BCUT2D eigenvalue weighted by atomic mass is 35.5. The molecule has 0 radical (unpaired) electrons. The van der Waals surface area contributed by atoms with Crippen LogP contribution in [-0.2, 0) is 7.05 Å². The van der Waals surface area contributed by atoms with Crippen molar-refractivity contribution < 1.29 is 4.74 Å². The highest BCUT2D eigenvalue weighted by molar-refractivity contribution is 7.99. The molecular formula is C10H11ClN6O3S. The summed E-state index contributed by atoms with van der Waals surface area (Å²) >= 11 is 6.74. The summed E-state index contributed by atoms with van der Waals surface area (Å²) in [6, 6.07) is 0.0915. The largest absolute Gasteiger partial charge is 0.463 e. The fourth-order valence-electron chi connectivity index (χ4n) is 1.25. The van der Waals surface area contributed by atoms with Gasteiger partial charge in [-0.25, -0.2) is 0 Å². The number of rotatable bonds is 5. The lowest BCUT2D eigenvalue weighted by atomic mass is 10.5. The number of halogens is 1. The van der Waals surface area contributed by atoms with Crippen molar-refractivity contribution in [2.45, 2.75) is 23.7 Å². The molecule has 0 atom stereocenters. The molecule has 112 valence electrons. The average molecular weight is 331 g/mol. The number of aromatic nitrogens is 6. The molecule has 2 heterocycles. The van der Waals surface area contributed by atoms with Crippen molar-refractivity contribution in [3.63, 3.8) is 0 Å². The normalized spacial score (nSPS) is 10.6. The highest BCUT2D eigenvalue weighted by Gasteiger charge is 2.11. The van der Waals surface area contributed by atoms with Crippen molar-refractivity contribution in [2.75, 3.05) is 6.61 Å². The van der Waals surface area contributed by atoms with Crippen LogP contribution in [0.3, 0.4) is 0 Å². The predicted molar refractivity (Wildman–Crippen MR) is 74.8 cm³/mol. The van der Waals surface area contributed by atoms with Crippen molar-refractivity contribution in [1.29, 1.82) is 0 Å². The third-order valence-corrected chi connectivity index (χ3v) is 3.21. The zero-order valence-corrected chi connectivity index (χ0v) is 12.7. The fraction of sp³-hybridized carbons (Fsp3) is 0.400. The third kappa shape index (κ3) is 4.02. The lowest BCUT2D eigenvalue weighted by Gasteiger charge is -2.06. The Morgan fingerprint density at radius 3 is 2.76 bits per heavy atom. The van der Waals surface area contributed by atoms with Crippen molar-refractivity contribution in [3.05, 3.63) is 26.0 Å². The number of hydrogen-bond acceptors (Lipinski definition) is 8. The van der Waals surface area contributed by atoms with Crippen LogP contribution in [0.1, 0.15) is 13.3 Å². The second-order valence-electron chi connectivity index (χ2n) is 3.82. The minimum Gasteiger partial charge on any atom is -0.463 e. The summed E-state index contributed by atoms with van der Waals surface area (Å²) in [5.41, 5.74) is -1.69. The summed E-state index contributed by atoms with van der Waals surface area (Å²) in [6.07, 6.45) is 0.793. The van der Waals surface area contributed by atoms with E-state index in [0.29, 0.717) is 6.61 Å². The Hall–Kier alpha value is -1.94. The Bertz CT molecular complexity index is 761. The zero-order valence-electron chi connectivity index (χ0n) is 11.2. The van der Waals surface area contributed by atoms with Crippen molar-refractivity contribution in [1.82, 2.24) is 29.7 Å². The van der Waals surface area contributed by atoms with E-state index in [1.807, 2.05) is 6.92 Å². The van der Waals surface area contributed by atoms with E-state index < -0.39 is 11.1 Å². The maximum Gasteiger partial charge on any atom is 0.339 e. The first-order valence-corrected chi connectivity index (χ1v) is 7.08. The first-order valence-electron chi connectivity index (χ1n) is 5.89. The van der Waals surface area contributed by atoms with Gasteiger partial charge in [-0.2, -0.15) is 19.9 Å². The number of aryl methyl sites for hydroxylation is 1. The molecule has 21 heavy (non-hydrogen) atoms. The van der Waals surface area contributed by atoms with Crippen LogP contribution < -0.4 is 15.9 Å². The molecule has 2 rings (SSSR count). The topological polar surface area (TPSA) is 116 Å². The van der Waals surface area contributed by atoms with E-state index in [9.17, 15) is 9.59 Å². The van der Waals surface area contributed by atoms with Crippen molar-refractivity contribution >= 4 is 23.4 Å². The van der Waals surface area contributed by atoms with E-state index in [0.717, 1.165) is 18.2 Å². The van der Waals surface area contributed by atoms with E-state index in [1.165, 1.54) is 11.7 Å². The first kappa shape index (κ1) is 15.4. The molecule has 0 unspecified atom stereocenters. The van der Waals surface area contributed by atoms with Gasteiger partial charge < -0.3 is 4.74 Å². The number of nitrogens with one attached hydrogen (secondary N) is 1. The Morgan fingerprint density at radius 2 is 2.05 bits per heavy atom. The predicted octanol–water partition coefficient (Wildman–Crippen LogP) is 0.247. The number of hydrogen-bond donors (Lipinski definition) is 1. The molecule has 0 aliphatic carbocycles. The summed E-state index contributed by atoms with van der Waals surface area (Å²) in [5, 5.41) is 2.70. The molecule has 0 aromatic carbocycles. The van der Waals surface area contributed by atoms with Crippen LogP contribution >= 0.6 is 23.4 Å². The minimum atomic E-state index is -0.891. The van der Waals surface area contributed by atoms with E-state index in [-0.39, 0.29) is 21.6 Å². The molecule has 1 N–H and O–H groups in total. The number of nitrogens with zero attached hydrogens (tertiary/aromatic N) is 5. The molecule has 0 spiro atoms. The molecule has 0 bridgehead atoms. The van der Waals surface area contributed by atoms with Gasteiger partial charge in [0.2, 0.25) is 10.4 Å². The maximum absolute atomic E-state index is 11.3. The Labute approximate surface area is 127 Å². The first-order chi connectivity index (χ1) is 9.99. The zero-order chi connectivity index (χ0) is 15.4. The van der Waals surface area contributed by atoms with Gasteiger partial charge in [0.15, 0.2) is 5.16 Å². The van der Waals surface area contributed by atoms with Gasteiger partial charge in [0.25, 0.3) is 0 Å². The summed E-state index contributed by atoms with van der Waals surface area (Å²) in [7, 11) is 1.54. The van der Waals surface area contributed by atoms with Crippen molar-refractivity contribution in [2.24, 2.45) is 7.05 Å². The van der Waals surface area contributed by atoms with Gasteiger partial charge >= 0.3 is 17.1 Å². The van der Waals surface area contributed by atoms with Crippen LogP contribution in [0.4, 0.5) is 0 Å². The summed E-state index contributed by atoms with van der Waals surface area (Å²) in [4.78, 5) is 37.8. The summed E-state index contributed by atoms with van der Waals surface area (Å²) in [6.45, 7) is 2.39. The lowest BCUT2D eigenvalue weighted by molar-refractivity contribution is 0.288.